The van der Waals surface area contributed by atoms with Crippen LogP contribution in [0.25, 0.3) is 0 Å². The molecule has 0 N–H and O–H groups in total. The summed E-state index contributed by atoms with van der Waals surface area (Å²) in [5.74, 6) is 4.21. The Kier molecular flexibility index (Phi) is 8.41. The fourth-order valence-corrected chi connectivity index (χ4v) is 4.14. The number of methoxy groups -OCH3 is 8. The van der Waals surface area contributed by atoms with Crippen molar-refractivity contribution in [2.75, 3.05) is 56.9 Å². The Balaban J connectivity index is 2.47. The van der Waals surface area contributed by atoms with Gasteiger partial charge in [0.25, 0.3) is 0 Å². The first-order valence-electron chi connectivity index (χ1n) is 10.8. The van der Waals surface area contributed by atoms with Gasteiger partial charge in [0.1, 0.15) is 34.5 Å². The quantitative estimate of drug-likeness (QED) is 0.355. The third-order valence-electron chi connectivity index (χ3n) is 5.82. The molecule has 0 atom stereocenters. The Morgan fingerprint density at radius 3 is 1.09 bits per heavy atom. The third kappa shape index (κ3) is 4.96. The van der Waals surface area contributed by atoms with E-state index in [0.717, 1.165) is 16.7 Å². The van der Waals surface area contributed by atoms with E-state index < -0.39 is 5.92 Å². The second-order valence-electron chi connectivity index (χ2n) is 7.44. The molecule has 8 nitrogen and oxygen atoms in total. The molecule has 0 amide bonds. The Labute approximate surface area is 206 Å². The summed E-state index contributed by atoms with van der Waals surface area (Å²) in [6.07, 6.45) is 0. The van der Waals surface area contributed by atoms with Gasteiger partial charge in [0.15, 0.2) is 11.5 Å². The summed E-state index contributed by atoms with van der Waals surface area (Å²) < 4.78 is 45.3. The Morgan fingerprint density at radius 2 is 0.771 bits per heavy atom. The summed E-state index contributed by atoms with van der Waals surface area (Å²) in [5, 5.41) is 0. The van der Waals surface area contributed by atoms with Crippen molar-refractivity contribution in [2.45, 2.75) is 5.92 Å². The van der Waals surface area contributed by atoms with E-state index >= 15 is 0 Å². The van der Waals surface area contributed by atoms with Gasteiger partial charge in [0.2, 0.25) is 0 Å². The van der Waals surface area contributed by atoms with Crippen LogP contribution < -0.4 is 37.9 Å². The van der Waals surface area contributed by atoms with Gasteiger partial charge in [-0.3, -0.25) is 0 Å². The molecule has 8 heteroatoms. The van der Waals surface area contributed by atoms with Gasteiger partial charge in [-0.2, -0.15) is 0 Å². The summed E-state index contributed by atoms with van der Waals surface area (Å²) in [4.78, 5) is 0. The normalized spacial score (nSPS) is 10.5. The third-order valence-corrected chi connectivity index (χ3v) is 5.82. The van der Waals surface area contributed by atoms with Crippen LogP contribution in [0.1, 0.15) is 22.6 Å². The zero-order valence-corrected chi connectivity index (χ0v) is 21.4. The van der Waals surface area contributed by atoms with Crippen LogP contribution in [0.4, 0.5) is 0 Å². The lowest BCUT2D eigenvalue weighted by Crippen LogP contribution is -2.11. The first kappa shape index (κ1) is 25.7. The van der Waals surface area contributed by atoms with Crippen molar-refractivity contribution in [1.29, 1.82) is 0 Å². The van der Waals surface area contributed by atoms with E-state index in [1.165, 1.54) is 0 Å². The molecular formula is C27H32O8. The van der Waals surface area contributed by atoms with Crippen molar-refractivity contribution in [3.8, 4) is 46.0 Å². The number of rotatable bonds is 11. The zero-order chi connectivity index (χ0) is 25.5. The van der Waals surface area contributed by atoms with Gasteiger partial charge in [0.05, 0.1) is 56.9 Å². The van der Waals surface area contributed by atoms with Crippen molar-refractivity contribution in [3.63, 3.8) is 0 Å². The summed E-state index contributed by atoms with van der Waals surface area (Å²) in [6.45, 7) is 0. The Morgan fingerprint density at radius 1 is 0.400 bits per heavy atom. The van der Waals surface area contributed by atoms with Crippen LogP contribution in [0.15, 0.2) is 42.5 Å². The van der Waals surface area contributed by atoms with Crippen LogP contribution in [-0.4, -0.2) is 56.9 Å². The van der Waals surface area contributed by atoms with Crippen molar-refractivity contribution in [3.05, 3.63) is 59.2 Å². The second-order valence-corrected chi connectivity index (χ2v) is 7.44. The molecule has 0 aromatic heterocycles. The van der Waals surface area contributed by atoms with Gasteiger partial charge >= 0.3 is 0 Å². The standard InChI is InChI=1S/C27H32O8/c1-28-17-12-21(32-5)26(22(13-17)33-6)25(16-9-10-19(30-3)20(11-16)31-4)27-23(34-7)14-18(29-2)15-24(27)35-8/h9-15,25H,1-8H3. The summed E-state index contributed by atoms with van der Waals surface area (Å²) in [5.41, 5.74) is 2.38. The van der Waals surface area contributed by atoms with E-state index in [0.29, 0.717) is 46.0 Å². The zero-order valence-electron chi connectivity index (χ0n) is 21.4. The minimum atomic E-state index is -0.457. The van der Waals surface area contributed by atoms with Gasteiger partial charge in [-0.15, -0.1) is 0 Å². The molecule has 0 aliphatic rings. The van der Waals surface area contributed by atoms with Crippen LogP contribution in [-0.2, 0) is 0 Å². The number of hydrogen-bond donors (Lipinski definition) is 0. The molecule has 3 aromatic carbocycles. The van der Waals surface area contributed by atoms with Crippen molar-refractivity contribution < 1.29 is 37.9 Å². The molecule has 0 bridgehead atoms. The predicted molar refractivity (Wildman–Crippen MR) is 133 cm³/mol. The molecule has 35 heavy (non-hydrogen) atoms. The number of hydrogen-bond acceptors (Lipinski definition) is 8. The molecule has 0 heterocycles. The summed E-state index contributed by atoms with van der Waals surface area (Å²) in [7, 11) is 12.8. The second kappa shape index (κ2) is 11.5. The molecule has 3 rings (SSSR count). The highest BCUT2D eigenvalue weighted by Crippen LogP contribution is 2.51. The van der Waals surface area contributed by atoms with Gasteiger partial charge in [-0.25, -0.2) is 0 Å². The smallest absolute Gasteiger partial charge is 0.161 e. The maximum Gasteiger partial charge on any atom is 0.161 e. The monoisotopic (exact) mass is 484 g/mol. The fraction of sp³-hybridized carbons (Fsp3) is 0.333. The van der Waals surface area contributed by atoms with E-state index in [1.54, 1.807) is 56.9 Å². The van der Waals surface area contributed by atoms with Gasteiger partial charge in [0, 0.05) is 41.3 Å². The predicted octanol–water partition coefficient (Wildman–Crippen LogP) is 4.94. The molecule has 0 saturated heterocycles. The lowest BCUT2D eigenvalue weighted by Gasteiger charge is -2.27. The minimum absolute atomic E-state index is 0.457. The summed E-state index contributed by atoms with van der Waals surface area (Å²) in [6, 6.07) is 13.0. The molecule has 3 aromatic rings. The van der Waals surface area contributed by atoms with Gasteiger partial charge in [-0.1, -0.05) is 6.07 Å². The van der Waals surface area contributed by atoms with E-state index in [9.17, 15) is 0 Å². The highest BCUT2D eigenvalue weighted by Gasteiger charge is 2.32. The molecule has 0 fully saturated rings. The van der Waals surface area contributed by atoms with E-state index in [-0.39, 0.29) is 0 Å². The minimum Gasteiger partial charge on any atom is -0.496 e. The highest BCUT2D eigenvalue weighted by atomic mass is 16.5. The van der Waals surface area contributed by atoms with Crippen molar-refractivity contribution >= 4 is 0 Å². The van der Waals surface area contributed by atoms with Gasteiger partial charge < -0.3 is 37.9 Å². The molecule has 0 radical (unpaired) electrons. The molecule has 0 aliphatic heterocycles. The fourth-order valence-electron chi connectivity index (χ4n) is 4.14. The van der Waals surface area contributed by atoms with E-state index in [1.807, 2.05) is 42.5 Å². The van der Waals surface area contributed by atoms with Crippen molar-refractivity contribution in [1.82, 2.24) is 0 Å². The lowest BCUT2D eigenvalue weighted by atomic mass is 9.82. The summed E-state index contributed by atoms with van der Waals surface area (Å²) >= 11 is 0. The molecule has 188 valence electrons. The molecular weight excluding hydrogens is 452 g/mol. The number of ether oxygens (including phenoxy) is 8. The largest absolute Gasteiger partial charge is 0.496 e. The van der Waals surface area contributed by atoms with E-state index in [2.05, 4.69) is 0 Å². The molecule has 0 unspecified atom stereocenters. The Hall–Kier alpha value is -3.94. The lowest BCUT2D eigenvalue weighted by molar-refractivity contribution is 0.353. The van der Waals surface area contributed by atoms with Crippen LogP contribution in [0.5, 0.6) is 46.0 Å². The van der Waals surface area contributed by atoms with Crippen LogP contribution >= 0.6 is 0 Å². The Bertz CT molecular complexity index is 1040. The van der Waals surface area contributed by atoms with Gasteiger partial charge in [-0.05, 0) is 17.7 Å². The first-order valence-corrected chi connectivity index (χ1v) is 10.8. The van der Waals surface area contributed by atoms with Crippen LogP contribution in [0.3, 0.4) is 0 Å². The SMILES string of the molecule is COc1cc(OC)c(C(c2ccc(OC)c(OC)c2)c2c(OC)cc(OC)cc2OC)c(OC)c1. The van der Waals surface area contributed by atoms with Crippen LogP contribution in [0.2, 0.25) is 0 Å². The average Bonchev–Trinajstić information content (AvgIpc) is 2.92. The molecule has 0 spiro atoms. The average molecular weight is 485 g/mol. The van der Waals surface area contributed by atoms with Crippen molar-refractivity contribution in [2.24, 2.45) is 0 Å². The van der Waals surface area contributed by atoms with Crippen LogP contribution in [0, 0.1) is 0 Å². The maximum atomic E-state index is 5.83. The molecule has 0 saturated carbocycles. The maximum absolute atomic E-state index is 5.83. The topological polar surface area (TPSA) is 73.8 Å². The number of benzene rings is 3. The highest BCUT2D eigenvalue weighted by molar-refractivity contribution is 5.65. The molecule has 0 aliphatic carbocycles. The first-order chi connectivity index (χ1) is 17.0. The van der Waals surface area contributed by atoms with E-state index in [4.69, 9.17) is 37.9 Å².